The van der Waals surface area contributed by atoms with Crippen molar-refractivity contribution in [2.75, 3.05) is 6.54 Å². The zero-order chi connectivity index (χ0) is 15.8. The zero-order valence-corrected chi connectivity index (χ0v) is 13.4. The Bertz CT molecular complexity index is 551. The highest BCUT2D eigenvalue weighted by Gasteiger charge is 2.52. The van der Waals surface area contributed by atoms with Crippen LogP contribution < -0.4 is 5.73 Å². The molecule has 1 aliphatic rings. The molecule has 0 amide bonds. The van der Waals surface area contributed by atoms with Crippen molar-refractivity contribution in [2.45, 2.75) is 45.8 Å². The second-order valence-electron chi connectivity index (χ2n) is 6.56. The topological polar surface area (TPSA) is 64.7 Å². The number of hydrogen-bond acceptors (Lipinski definition) is 4. The van der Waals surface area contributed by atoms with Crippen LogP contribution in [0.4, 0.5) is 0 Å². The van der Waals surface area contributed by atoms with E-state index in [4.69, 9.17) is 15.0 Å². The van der Waals surface area contributed by atoms with E-state index in [1.54, 1.807) is 6.07 Å². The second-order valence-corrected chi connectivity index (χ2v) is 6.56. The molecule has 0 aromatic heterocycles. The quantitative estimate of drug-likeness (QED) is 0.840. The van der Waals surface area contributed by atoms with Crippen LogP contribution in [0, 0.1) is 6.92 Å². The van der Waals surface area contributed by atoms with Gasteiger partial charge in [-0.1, -0.05) is 12.1 Å². The van der Waals surface area contributed by atoms with Crippen LogP contribution in [0.15, 0.2) is 23.7 Å². The highest BCUT2D eigenvalue weighted by molar-refractivity contribution is 6.55. The third-order valence-corrected chi connectivity index (χ3v) is 4.36. The van der Waals surface area contributed by atoms with Gasteiger partial charge in [-0.25, -0.2) is 0 Å². The maximum absolute atomic E-state index is 9.59. The number of benzene rings is 1. The lowest BCUT2D eigenvalue weighted by atomic mass is 9.77. The highest BCUT2D eigenvalue weighted by atomic mass is 16.7. The summed E-state index contributed by atoms with van der Waals surface area (Å²) in [5.74, 6) is 0.289. The van der Waals surface area contributed by atoms with Crippen molar-refractivity contribution < 1.29 is 14.4 Å². The van der Waals surface area contributed by atoms with Crippen molar-refractivity contribution in [3.63, 3.8) is 0 Å². The minimum atomic E-state index is -0.436. The molecule has 0 unspecified atom stereocenters. The van der Waals surface area contributed by atoms with Gasteiger partial charge in [0.25, 0.3) is 0 Å². The lowest BCUT2D eigenvalue weighted by Crippen LogP contribution is -2.41. The van der Waals surface area contributed by atoms with Gasteiger partial charge in [-0.15, -0.1) is 0 Å². The van der Waals surface area contributed by atoms with Crippen molar-refractivity contribution in [3.05, 3.63) is 34.8 Å². The summed E-state index contributed by atoms with van der Waals surface area (Å²) >= 11 is 0. The van der Waals surface area contributed by atoms with E-state index in [1.165, 1.54) is 0 Å². The van der Waals surface area contributed by atoms with E-state index in [2.05, 4.69) is 0 Å². The predicted molar refractivity (Wildman–Crippen MR) is 86.0 cm³/mol. The number of phenolic OH excluding ortho intramolecular Hbond substituents is 1. The van der Waals surface area contributed by atoms with Crippen LogP contribution in [0.5, 0.6) is 5.75 Å². The Morgan fingerprint density at radius 1 is 1.24 bits per heavy atom. The molecule has 114 valence electrons. The van der Waals surface area contributed by atoms with Gasteiger partial charge in [0.15, 0.2) is 0 Å². The highest BCUT2D eigenvalue weighted by Crippen LogP contribution is 2.38. The third kappa shape index (κ3) is 3.15. The monoisotopic (exact) mass is 289 g/mol. The van der Waals surface area contributed by atoms with Crippen LogP contribution in [0.3, 0.4) is 0 Å². The number of phenols is 1. The van der Waals surface area contributed by atoms with Crippen molar-refractivity contribution in [1.29, 1.82) is 0 Å². The lowest BCUT2D eigenvalue weighted by Gasteiger charge is -2.32. The van der Waals surface area contributed by atoms with Crippen LogP contribution >= 0.6 is 0 Å². The second kappa shape index (κ2) is 5.48. The van der Waals surface area contributed by atoms with Gasteiger partial charge in [-0.2, -0.15) is 0 Å². The van der Waals surface area contributed by atoms with E-state index >= 15 is 0 Å². The van der Waals surface area contributed by atoms with Crippen LogP contribution in [-0.2, 0) is 9.31 Å². The summed E-state index contributed by atoms with van der Waals surface area (Å²) in [5, 5.41) is 9.59. The molecule has 3 N–H and O–H groups in total. The van der Waals surface area contributed by atoms with Crippen LogP contribution in [0.1, 0.15) is 38.8 Å². The zero-order valence-electron chi connectivity index (χ0n) is 13.4. The number of rotatable bonds is 3. The maximum Gasteiger partial charge on any atom is 0.491 e. The Morgan fingerprint density at radius 3 is 2.29 bits per heavy atom. The summed E-state index contributed by atoms with van der Waals surface area (Å²) in [7, 11) is -0.436. The molecule has 0 aliphatic carbocycles. The van der Waals surface area contributed by atoms with Gasteiger partial charge in [0.2, 0.25) is 0 Å². The third-order valence-electron chi connectivity index (χ3n) is 4.36. The molecule has 21 heavy (non-hydrogen) atoms. The molecule has 1 aliphatic heterocycles. The van der Waals surface area contributed by atoms with Gasteiger partial charge < -0.3 is 20.1 Å². The first-order valence-electron chi connectivity index (χ1n) is 7.22. The first-order valence-corrected chi connectivity index (χ1v) is 7.22. The Hall–Kier alpha value is -1.30. The van der Waals surface area contributed by atoms with Crippen molar-refractivity contribution in [3.8, 4) is 5.75 Å². The number of aromatic hydroxyl groups is 1. The molecule has 5 heteroatoms. The van der Waals surface area contributed by atoms with E-state index in [0.29, 0.717) is 6.54 Å². The summed E-state index contributed by atoms with van der Waals surface area (Å²) < 4.78 is 12.0. The van der Waals surface area contributed by atoms with Gasteiger partial charge in [0.05, 0.1) is 11.2 Å². The summed E-state index contributed by atoms with van der Waals surface area (Å²) in [6.07, 6.45) is 1.97. The van der Waals surface area contributed by atoms with Crippen molar-refractivity contribution in [1.82, 2.24) is 0 Å². The number of aryl methyl sites for hydroxylation is 1. The molecule has 0 bridgehead atoms. The van der Waals surface area contributed by atoms with E-state index in [1.807, 2.05) is 52.8 Å². The fraction of sp³-hybridized carbons (Fsp3) is 0.500. The molecule has 0 spiro atoms. The SMILES string of the molecule is Cc1cc(C=C(CN)B2OC(C)(C)C(C)(C)O2)ccc1O. The minimum absolute atomic E-state index is 0.289. The molecule has 1 fully saturated rings. The van der Waals surface area contributed by atoms with Crippen LogP contribution in [0.2, 0.25) is 0 Å². The summed E-state index contributed by atoms with van der Waals surface area (Å²) in [6.45, 7) is 10.3. The van der Waals surface area contributed by atoms with Crippen molar-refractivity contribution in [2.24, 2.45) is 5.73 Å². The fourth-order valence-electron chi connectivity index (χ4n) is 2.20. The average Bonchev–Trinajstić information content (AvgIpc) is 2.59. The minimum Gasteiger partial charge on any atom is -0.508 e. The largest absolute Gasteiger partial charge is 0.508 e. The molecule has 1 saturated heterocycles. The molecule has 0 atom stereocenters. The summed E-state index contributed by atoms with van der Waals surface area (Å²) in [6, 6.07) is 5.44. The average molecular weight is 289 g/mol. The lowest BCUT2D eigenvalue weighted by molar-refractivity contribution is 0.00578. The van der Waals surface area contributed by atoms with Crippen molar-refractivity contribution >= 4 is 13.2 Å². The molecular formula is C16H24BNO3. The molecular weight excluding hydrogens is 265 g/mol. The summed E-state index contributed by atoms with van der Waals surface area (Å²) in [4.78, 5) is 0. The molecule has 0 saturated carbocycles. The fourth-order valence-corrected chi connectivity index (χ4v) is 2.20. The Kier molecular flexibility index (Phi) is 4.20. The molecule has 2 rings (SSSR count). The molecule has 1 heterocycles. The summed E-state index contributed by atoms with van der Waals surface area (Å²) in [5.41, 5.74) is 7.80. The van der Waals surface area contributed by atoms with Gasteiger partial charge >= 0.3 is 7.12 Å². The smallest absolute Gasteiger partial charge is 0.491 e. The van der Waals surface area contributed by atoms with E-state index in [9.17, 15) is 5.11 Å². The van der Waals surface area contributed by atoms with Gasteiger partial charge in [-0.05, 0) is 63.4 Å². The number of hydrogen-bond donors (Lipinski definition) is 2. The Balaban J connectivity index is 2.28. The van der Waals surface area contributed by atoms with Crippen LogP contribution in [-0.4, -0.2) is 30.0 Å². The first kappa shape index (κ1) is 16.1. The van der Waals surface area contributed by atoms with E-state index in [0.717, 1.165) is 16.6 Å². The number of nitrogens with two attached hydrogens (primary N) is 1. The molecule has 4 nitrogen and oxygen atoms in total. The normalized spacial score (nSPS) is 20.9. The van der Waals surface area contributed by atoms with Gasteiger partial charge in [0, 0.05) is 6.54 Å². The first-order chi connectivity index (χ1) is 9.66. The van der Waals surface area contributed by atoms with E-state index < -0.39 is 7.12 Å². The molecule has 1 aromatic carbocycles. The van der Waals surface area contributed by atoms with Crippen LogP contribution in [0.25, 0.3) is 6.08 Å². The standard InChI is InChI=1S/C16H24BNO3/c1-11-8-12(6-7-14(11)19)9-13(10-18)17-20-15(2,3)16(4,5)21-17/h6-9,19H,10,18H2,1-5H3. The van der Waals surface area contributed by atoms with E-state index in [-0.39, 0.29) is 17.0 Å². The van der Waals surface area contributed by atoms with Gasteiger partial charge in [0.1, 0.15) is 5.75 Å². The Morgan fingerprint density at radius 2 is 1.81 bits per heavy atom. The molecule has 0 radical (unpaired) electrons. The van der Waals surface area contributed by atoms with Gasteiger partial charge in [-0.3, -0.25) is 0 Å². The maximum atomic E-state index is 9.59. The predicted octanol–water partition coefficient (Wildman–Crippen LogP) is 2.67. The Labute approximate surface area is 127 Å². The molecule has 1 aromatic rings.